The molecule has 1 heterocycles. The zero-order valence-corrected chi connectivity index (χ0v) is 11.1. The number of carbonyl (C=O) groups is 1. The van der Waals surface area contributed by atoms with E-state index in [0.717, 1.165) is 24.2 Å². The molecule has 19 heavy (non-hydrogen) atoms. The Kier molecular flexibility index (Phi) is 4.40. The molecule has 0 radical (unpaired) electrons. The van der Waals surface area contributed by atoms with Gasteiger partial charge in [0.1, 0.15) is 5.75 Å². The van der Waals surface area contributed by atoms with E-state index < -0.39 is 0 Å². The number of hydrogen-bond acceptors (Lipinski definition) is 3. The normalized spacial score (nSPS) is 15.9. The fraction of sp³-hybridized carbons (Fsp3) is 0.467. The molecular formula is C15H18N2O2. The van der Waals surface area contributed by atoms with Crippen molar-refractivity contribution in [1.29, 1.82) is 5.26 Å². The number of nitrogens with zero attached hydrogens (tertiary/aromatic N) is 2. The van der Waals surface area contributed by atoms with E-state index in [2.05, 4.69) is 6.07 Å². The van der Waals surface area contributed by atoms with Crippen LogP contribution in [0, 0.1) is 17.2 Å². The standard InChI is InChI=1S/C15H18N2O2/c1-19-14-4-2-3-13(9-14)10-15(18)17-7-5-12(11-16)6-8-17/h2-4,9,12H,5-8,10H2,1H3. The summed E-state index contributed by atoms with van der Waals surface area (Å²) in [5, 5.41) is 8.84. The number of rotatable bonds is 3. The molecule has 2 rings (SSSR count). The van der Waals surface area contributed by atoms with Crippen molar-refractivity contribution < 1.29 is 9.53 Å². The lowest BCUT2D eigenvalue weighted by Crippen LogP contribution is -2.39. The average Bonchev–Trinajstić information content (AvgIpc) is 2.47. The van der Waals surface area contributed by atoms with Crippen molar-refractivity contribution in [2.24, 2.45) is 5.92 Å². The van der Waals surface area contributed by atoms with Crippen LogP contribution in [-0.2, 0) is 11.2 Å². The topological polar surface area (TPSA) is 53.3 Å². The molecule has 1 aliphatic rings. The number of ether oxygens (including phenoxy) is 1. The second-order valence-corrected chi connectivity index (χ2v) is 4.81. The second-order valence-electron chi connectivity index (χ2n) is 4.81. The molecule has 1 amide bonds. The van der Waals surface area contributed by atoms with E-state index in [4.69, 9.17) is 10.00 Å². The van der Waals surface area contributed by atoms with Crippen LogP contribution in [0.4, 0.5) is 0 Å². The molecule has 100 valence electrons. The van der Waals surface area contributed by atoms with Crippen LogP contribution >= 0.6 is 0 Å². The number of methoxy groups -OCH3 is 1. The maximum atomic E-state index is 12.2. The molecule has 1 aromatic carbocycles. The van der Waals surface area contributed by atoms with Crippen LogP contribution in [0.25, 0.3) is 0 Å². The molecule has 4 nitrogen and oxygen atoms in total. The first-order chi connectivity index (χ1) is 9.22. The molecule has 1 aromatic rings. The van der Waals surface area contributed by atoms with Gasteiger partial charge < -0.3 is 9.64 Å². The molecule has 0 N–H and O–H groups in total. The number of nitriles is 1. The van der Waals surface area contributed by atoms with E-state index >= 15 is 0 Å². The van der Waals surface area contributed by atoms with Crippen molar-refractivity contribution in [3.05, 3.63) is 29.8 Å². The number of benzene rings is 1. The average molecular weight is 258 g/mol. The number of amides is 1. The largest absolute Gasteiger partial charge is 0.497 e. The molecule has 0 bridgehead atoms. The first kappa shape index (κ1) is 13.4. The molecule has 4 heteroatoms. The van der Waals surface area contributed by atoms with Gasteiger partial charge in [0.05, 0.1) is 19.6 Å². The fourth-order valence-corrected chi connectivity index (χ4v) is 2.33. The lowest BCUT2D eigenvalue weighted by atomic mass is 9.98. The van der Waals surface area contributed by atoms with E-state index in [-0.39, 0.29) is 11.8 Å². The van der Waals surface area contributed by atoms with E-state index in [0.29, 0.717) is 19.5 Å². The smallest absolute Gasteiger partial charge is 0.226 e. The summed E-state index contributed by atoms with van der Waals surface area (Å²) in [6.07, 6.45) is 1.98. The van der Waals surface area contributed by atoms with Crippen LogP contribution in [0.2, 0.25) is 0 Å². The molecule has 0 aliphatic carbocycles. The number of carbonyl (C=O) groups excluding carboxylic acids is 1. The van der Waals surface area contributed by atoms with Crippen LogP contribution in [0.15, 0.2) is 24.3 Å². The second kappa shape index (κ2) is 6.24. The Balaban J connectivity index is 1.92. The monoisotopic (exact) mass is 258 g/mol. The summed E-state index contributed by atoms with van der Waals surface area (Å²) in [6.45, 7) is 1.39. The molecule has 1 fully saturated rings. The van der Waals surface area contributed by atoms with Crippen LogP contribution in [0.3, 0.4) is 0 Å². The summed E-state index contributed by atoms with van der Waals surface area (Å²) >= 11 is 0. The number of hydrogen-bond donors (Lipinski definition) is 0. The molecule has 1 saturated heterocycles. The van der Waals surface area contributed by atoms with Gasteiger partial charge in [0.25, 0.3) is 0 Å². The van der Waals surface area contributed by atoms with Crippen molar-refractivity contribution in [1.82, 2.24) is 4.90 Å². The minimum Gasteiger partial charge on any atom is -0.497 e. The first-order valence-corrected chi connectivity index (χ1v) is 6.53. The van der Waals surface area contributed by atoms with Gasteiger partial charge in [0, 0.05) is 19.0 Å². The highest BCUT2D eigenvalue weighted by Crippen LogP contribution is 2.18. The molecule has 0 atom stereocenters. The Morgan fingerprint density at radius 1 is 1.47 bits per heavy atom. The summed E-state index contributed by atoms with van der Waals surface area (Å²) in [5.74, 6) is 1.01. The van der Waals surface area contributed by atoms with E-state index in [9.17, 15) is 4.79 Å². The SMILES string of the molecule is COc1cccc(CC(=O)N2CCC(C#N)CC2)c1. The minimum absolute atomic E-state index is 0.112. The summed E-state index contributed by atoms with van der Waals surface area (Å²) in [6, 6.07) is 9.86. The van der Waals surface area contributed by atoms with E-state index in [1.165, 1.54) is 0 Å². The van der Waals surface area contributed by atoms with Crippen LogP contribution in [0.5, 0.6) is 5.75 Å². The highest BCUT2D eigenvalue weighted by molar-refractivity contribution is 5.79. The third-order valence-corrected chi connectivity index (χ3v) is 3.52. The maximum absolute atomic E-state index is 12.2. The molecular weight excluding hydrogens is 240 g/mol. The van der Waals surface area contributed by atoms with Crippen LogP contribution in [-0.4, -0.2) is 31.0 Å². The first-order valence-electron chi connectivity index (χ1n) is 6.53. The van der Waals surface area contributed by atoms with Crippen molar-refractivity contribution >= 4 is 5.91 Å². The predicted molar refractivity (Wildman–Crippen MR) is 71.6 cm³/mol. The lowest BCUT2D eigenvalue weighted by Gasteiger charge is -2.29. The Morgan fingerprint density at radius 3 is 2.84 bits per heavy atom. The van der Waals surface area contributed by atoms with Crippen LogP contribution < -0.4 is 4.74 Å². The van der Waals surface area contributed by atoms with E-state index in [1.807, 2.05) is 29.2 Å². The van der Waals surface area contributed by atoms with Gasteiger partial charge in [-0.25, -0.2) is 0 Å². The summed E-state index contributed by atoms with van der Waals surface area (Å²) in [4.78, 5) is 14.0. The van der Waals surface area contributed by atoms with Crippen LogP contribution in [0.1, 0.15) is 18.4 Å². The van der Waals surface area contributed by atoms with Gasteiger partial charge in [-0.15, -0.1) is 0 Å². The van der Waals surface area contributed by atoms with Crippen molar-refractivity contribution in [2.45, 2.75) is 19.3 Å². The maximum Gasteiger partial charge on any atom is 0.226 e. The molecule has 0 aromatic heterocycles. The van der Waals surface area contributed by atoms with Crippen molar-refractivity contribution in [3.8, 4) is 11.8 Å². The summed E-state index contributed by atoms with van der Waals surface area (Å²) in [5.41, 5.74) is 0.965. The summed E-state index contributed by atoms with van der Waals surface area (Å²) in [7, 11) is 1.62. The van der Waals surface area contributed by atoms with Gasteiger partial charge in [-0.3, -0.25) is 4.79 Å². The lowest BCUT2D eigenvalue weighted by molar-refractivity contribution is -0.131. The fourth-order valence-electron chi connectivity index (χ4n) is 2.33. The van der Waals surface area contributed by atoms with Gasteiger partial charge in [-0.2, -0.15) is 5.26 Å². The molecule has 0 spiro atoms. The predicted octanol–water partition coefficient (Wildman–Crippen LogP) is 2.00. The highest BCUT2D eigenvalue weighted by Gasteiger charge is 2.22. The number of piperidine rings is 1. The summed E-state index contributed by atoms with van der Waals surface area (Å²) < 4.78 is 5.15. The quantitative estimate of drug-likeness (QED) is 0.833. The van der Waals surface area contributed by atoms with Gasteiger partial charge in [0.2, 0.25) is 5.91 Å². The Labute approximate surface area is 113 Å². The molecule has 0 saturated carbocycles. The van der Waals surface area contributed by atoms with Gasteiger partial charge in [-0.1, -0.05) is 12.1 Å². The Hall–Kier alpha value is -2.02. The van der Waals surface area contributed by atoms with Crippen molar-refractivity contribution in [2.75, 3.05) is 20.2 Å². The zero-order valence-electron chi connectivity index (χ0n) is 11.1. The molecule has 0 unspecified atom stereocenters. The molecule has 1 aliphatic heterocycles. The van der Waals surface area contributed by atoms with Gasteiger partial charge >= 0.3 is 0 Å². The Bertz CT molecular complexity index is 485. The van der Waals surface area contributed by atoms with Crippen molar-refractivity contribution in [3.63, 3.8) is 0 Å². The minimum atomic E-state index is 0.112. The van der Waals surface area contributed by atoms with Gasteiger partial charge in [0.15, 0.2) is 0 Å². The zero-order chi connectivity index (χ0) is 13.7. The third kappa shape index (κ3) is 3.47. The number of likely N-dealkylation sites (tertiary alicyclic amines) is 1. The highest BCUT2D eigenvalue weighted by atomic mass is 16.5. The van der Waals surface area contributed by atoms with Gasteiger partial charge in [-0.05, 0) is 30.5 Å². The Morgan fingerprint density at radius 2 is 2.21 bits per heavy atom. The van der Waals surface area contributed by atoms with E-state index in [1.54, 1.807) is 7.11 Å². The third-order valence-electron chi connectivity index (χ3n) is 3.52.